The number of nitrogens with zero attached hydrogens (tertiary/aromatic N) is 1. The second-order valence-electron chi connectivity index (χ2n) is 7.60. The van der Waals surface area contributed by atoms with Gasteiger partial charge in [-0.1, -0.05) is 19.3 Å². The van der Waals surface area contributed by atoms with Gasteiger partial charge in [0.1, 0.15) is 5.00 Å². The quantitative estimate of drug-likeness (QED) is 0.624. The standard InChI is InChI=1S/C21H30N2O6S/c1-5-28-21(27)17-13(2)18(20(26)23(3)4)30-19(17)22-15(24)12-29-16(25)11-14-9-7-6-8-10-14/h14H,5-12H2,1-4H3,(H,22,24). The lowest BCUT2D eigenvalue weighted by Crippen LogP contribution is -2.23. The van der Waals surface area contributed by atoms with Crippen LogP contribution in [-0.2, 0) is 19.1 Å². The predicted octanol–water partition coefficient (Wildman–Crippen LogP) is 3.39. The number of carbonyl (C=O) groups is 4. The van der Waals surface area contributed by atoms with E-state index in [2.05, 4.69) is 5.32 Å². The van der Waals surface area contributed by atoms with E-state index in [0.717, 1.165) is 37.0 Å². The SMILES string of the molecule is CCOC(=O)c1c(NC(=O)COC(=O)CC2CCCCC2)sc(C(=O)N(C)C)c1C. The van der Waals surface area contributed by atoms with Gasteiger partial charge in [-0.3, -0.25) is 14.4 Å². The van der Waals surface area contributed by atoms with Gasteiger partial charge in [-0.2, -0.15) is 0 Å². The molecule has 0 radical (unpaired) electrons. The smallest absolute Gasteiger partial charge is 0.341 e. The van der Waals surface area contributed by atoms with Crippen LogP contribution in [0.4, 0.5) is 5.00 Å². The van der Waals surface area contributed by atoms with Crippen LogP contribution in [0.3, 0.4) is 0 Å². The normalized spacial score (nSPS) is 14.1. The van der Waals surface area contributed by atoms with E-state index in [9.17, 15) is 19.2 Å². The van der Waals surface area contributed by atoms with Gasteiger partial charge in [0.25, 0.3) is 11.8 Å². The Bertz CT molecular complexity index is 796. The molecule has 2 rings (SSSR count). The number of amides is 2. The van der Waals surface area contributed by atoms with Crippen molar-refractivity contribution in [2.24, 2.45) is 5.92 Å². The summed E-state index contributed by atoms with van der Waals surface area (Å²) in [6.07, 6.45) is 5.81. The summed E-state index contributed by atoms with van der Waals surface area (Å²) in [6.45, 7) is 3.04. The molecular weight excluding hydrogens is 408 g/mol. The molecule has 0 bridgehead atoms. The third kappa shape index (κ3) is 6.29. The van der Waals surface area contributed by atoms with Crippen LogP contribution in [0.5, 0.6) is 0 Å². The Morgan fingerprint density at radius 3 is 2.37 bits per heavy atom. The van der Waals surface area contributed by atoms with Gasteiger partial charge in [0.05, 0.1) is 17.0 Å². The van der Waals surface area contributed by atoms with E-state index < -0.39 is 24.5 Å². The fraction of sp³-hybridized carbons (Fsp3) is 0.619. The molecule has 8 nitrogen and oxygen atoms in total. The molecule has 0 spiro atoms. The average Bonchev–Trinajstić information content (AvgIpc) is 3.02. The second kappa shape index (κ2) is 11.1. The van der Waals surface area contributed by atoms with E-state index in [-0.39, 0.29) is 23.1 Å². The number of ether oxygens (including phenoxy) is 2. The van der Waals surface area contributed by atoms with Crippen LogP contribution in [0.2, 0.25) is 0 Å². The number of esters is 2. The highest BCUT2D eigenvalue weighted by molar-refractivity contribution is 7.18. The van der Waals surface area contributed by atoms with Crippen LogP contribution in [0.1, 0.15) is 71.0 Å². The van der Waals surface area contributed by atoms with E-state index in [1.807, 2.05) is 0 Å². The van der Waals surface area contributed by atoms with Crippen molar-refractivity contribution in [3.8, 4) is 0 Å². The molecule has 0 saturated heterocycles. The summed E-state index contributed by atoms with van der Waals surface area (Å²) in [4.78, 5) is 50.9. The summed E-state index contributed by atoms with van der Waals surface area (Å²) in [6, 6.07) is 0. The summed E-state index contributed by atoms with van der Waals surface area (Å²) in [5.74, 6) is -1.53. The van der Waals surface area contributed by atoms with Gasteiger partial charge in [0, 0.05) is 20.5 Å². The minimum absolute atomic E-state index is 0.147. The van der Waals surface area contributed by atoms with Crippen LogP contribution < -0.4 is 5.32 Å². The first kappa shape index (κ1) is 23.9. The highest BCUT2D eigenvalue weighted by atomic mass is 32.1. The van der Waals surface area contributed by atoms with Gasteiger partial charge in [0.15, 0.2) is 6.61 Å². The van der Waals surface area contributed by atoms with Crippen molar-refractivity contribution in [1.29, 1.82) is 0 Å². The van der Waals surface area contributed by atoms with Crippen molar-refractivity contribution in [3.05, 3.63) is 16.0 Å². The maximum Gasteiger partial charge on any atom is 0.341 e. The number of hydrogen-bond donors (Lipinski definition) is 1. The Morgan fingerprint density at radius 1 is 1.10 bits per heavy atom. The molecule has 0 unspecified atom stereocenters. The lowest BCUT2D eigenvalue weighted by atomic mass is 9.87. The molecule has 1 aliphatic carbocycles. The van der Waals surface area contributed by atoms with Gasteiger partial charge in [0.2, 0.25) is 0 Å². The molecule has 1 aromatic heterocycles. The molecule has 30 heavy (non-hydrogen) atoms. The molecule has 1 N–H and O–H groups in total. The zero-order chi connectivity index (χ0) is 22.3. The monoisotopic (exact) mass is 438 g/mol. The first-order valence-corrected chi connectivity index (χ1v) is 11.0. The van der Waals surface area contributed by atoms with E-state index >= 15 is 0 Å². The van der Waals surface area contributed by atoms with Crippen molar-refractivity contribution in [1.82, 2.24) is 4.90 Å². The lowest BCUT2D eigenvalue weighted by molar-refractivity contribution is -0.148. The largest absolute Gasteiger partial charge is 0.462 e. The van der Waals surface area contributed by atoms with Crippen LogP contribution >= 0.6 is 11.3 Å². The molecule has 1 aromatic rings. The van der Waals surface area contributed by atoms with Gasteiger partial charge < -0.3 is 19.7 Å². The highest BCUT2D eigenvalue weighted by Gasteiger charge is 2.27. The Morgan fingerprint density at radius 2 is 1.77 bits per heavy atom. The van der Waals surface area contributed by atoms with E-state index in [1.165, 1.54) is 11.3 Å². The molecule has 0 atom stereocenters. The van der Waals surface area contributed by atoms with E-state index in [4.69, 9.17) is 9.47 Å². The molecule has 0 aliphatic heterocycles. The predicted molar refractivity (Wildman–Crippen MR) is 114 cm³/mol. The topological polar surface area (TPSA) is 102 Å². The summed E-state index contributed by atoms with van der Waals surface area (Å²) in [5, 5.41) is 2.81. The molecule has 1 saturated carbocycles. The van der Waals surface area contributed by atoms with Crippen molar-refractivity contribution in [2.75, 3.05) is 32.6 Å². The lowest BCUT2D eigenvalue weighted by Gasteiger charge is -2.20. The number of anilines is 1. The Kier molecular flexibility index (Phi) is 8.83. The third-order valence-corrected chi connectivity index (χ3v) is 6.22. The van der Waals surface area contributed by atoms with Crippen molar-refractivity contribution in [3.63, 3.8) is 0 Å². The summed E-state index contributed by atoms with van der Waals surface area (Å²) < 4.78 is 10.2. The zero-order valence-corrected chi connectivity index (χ0v) is 18.9. The van der Waals surface area contributed by atoms with Gasteiger partial charge >= 0.3 is 11.9 Å². The number of thiophene rings is 1. The maximum atomic E-state index is 12.4. The number of rotatable bonds is 8. The average molecular weight is 439 g/mol. The molecule has 1 aliphatic rings. The van der Waals surface area contributed by atoms with E-state index in [1.54, 1.807) is 27.9 Å². The number of hydrogen-bond acceptors (Lipinski definition) is 7. The van der Waals surface area contributed by atoms with Crippen molar-refractivity contribution in [2.45, 2.75) is 52.4 Å². The van der Waals surface area contributed by atoms with Crippen LogP contribution in [-0.4, -0.2) is 56.0 Å². The molecule has 1 heterocycles. The van der Waals surface area contributed by atoms with Gasteiger partial charge in [-0.15, -0.1) is 11.3 Å². The van der Waals surface area contributed by atoms with Crippen LogP contribution in [0.15, 0.2) is 0 Å². The molecule has 2 amide bonds. The first-order chi connectivity index (χ1) is 14.2. The fourth-order valence-corrected chi connectivity index (χ4v) is 4.68. The molecule has 166 valence electrons. The van der Waals surface area contributed by atoms with Crippen LogP contribution in [0, 0.1) is 12.8 Å². The van der Waals surface area contributed by atoms with E-state index in [0.29, 0.717) is 22.8 Å². The Hall–Kier alpha value is -2.42. The number of nitrogens with one attached hydrogen (secondary N) is 1. The minimum atomic E-state index is -0.617. The number of carbonyl (C=O) groups excluding carboxylic acids is 4. The van der Waals surface area contributed by atoms with Gasteiger partial charge in [-0.25, -0.2) is 4.79 Å². The second-order valence-corrected chi connectivity index (χ2v) is 8.62. The highest BCUT2D eigenvalue weighted by Crippen LogP contribution is 2.34. The maximum absolute atomic E-state index is 12.4. The molecule has 0 aromatic carbocycles. The molecule has 1 fully saturated rings. The van der Waals surface area contributed by atoms with Crippen molar-refractivity contribution < 1.29 is 28.7 Å². The fourth-order valence-electron chi connectivity index (χ4n) is 3.45. The molecular formula is C21H30N2O6S. The van der Waals surface area contributed by atoms with Crippen molar-refractivity contribution >= 4 is 40.1 Å². The Balaban J connectivity index is 2.05. The summed E-state index contributed by atoms with van der Waals surface area (Å²) in [5.41, 5.74) is 0.593. The summed E-state index contributed by atoms with van der Waals surface area (Å²) in [7, 11) is 3.21. The third-order valence-electron chi connectivity index (χ3n) is 5.02. The Labute approximate surface area is 180 Å². The minimum Gasteiger partial charge on any atom is -0.462 e. The zero-order valence-electron chi connectivity index (χ0n) is 18.0. The van der Waals surface area contributed by atoms with Crippen LogP contribution in [0.25, 0.3) is 0 Å². The first-order valence-electron chi connectivity index (χ1n) is 10.2. The van der Waals surface area contributed by atoms with Gasteiger partial charge in [-0.05, 0) is 38.2 Å². The molecule has 9 heteroatoms. The summed E-state index contributed by atoms with van der Waals surface area (Å²) >= 11 is 1.00.